The molecule has 1 unspecified atom stereocenters. The van der Waals surface area contributed by atoms with Crippen LogP contribution in [-0.4, -0.2) is 20.2 Å². The molecule has 1 atom stereocenters. The van der Waals surface area contributed by atoms with Crippen molar-refractivity contribution in [2.75, 3.05) is 11.7 Å². The van der Waals surface area contributed by atoms with Crippen molar-refractivity contribution >= 4 is 22.5 Å². The smallest absolute Gasteiger partial charge is 0.291 e. The van der Waals surface area contributed by atoms with E-state index in [0.717, 1.165) is 6.26 Å². The van der Waals surface area contributed by atoms with E-state index >= 15 is 0 Å². The first-order chi connectivity index (χ1) is 9.39. The summed E-state index contributed by atoms with van der Waals surface area (Å²) in [6.07, 6.45) is 1.05. The molecule has 0 aliphatic carbocycles. The largest absolute Gasteiger partial charge is 0.439 e. The number of rotatable bonds is 5. The molecule has 0 saturated heterocycles. The fourth-order valence-electron chi connectivity index (χ4n) is 1.77. The van der Waals surface area contributed by atoms with Gasteiger partial charge in [0.15, 0.2) is 9.84 Å². The van der Waals surface area contributed by atoms with Gasteiger partial charge in [0.1, 0.15) is 11.2 Å². The van der Waals surface area contributed by atoms with Crippen molar-refractivity contribution in [2.24, 2.45) is 0 Å². The van der Waals surface area contributed by atoms with Gasteiger partial charge < -0.3 is 4.52 Å². The van der Waals surface area contributed by atoms with Crippen molar-refractivity contribution in [3.63, 3.8) is 0 Å². The van der Waals surface area contributed by atoms with Crippen LogP contribution in [0.25, 0.3) is 0 Å². The number of sulfone groups is 1. The molecule has 0 amide bonds. The van der Waals surface area contributed by atoms with Gasteiger partial charge >= 0.3 is 0 Å². The zero-order valence-electron chi connectivity index (χ0n) is 11.0. The third-order valence-corrected chi connectivity index (χ3v) is 7.38. The summed E-state index contributed by atoms with van der Waals surface area (Å²) in [5.74, 6) is 0.392. The van der Waals surface area contributed by atoms with E-state index in [0.29, 0.717) is 11.1 Å². The summed E-state index contributed by atoms with van der Waals surface area (Å²) in [4.78, 5) is 0. The van der Waals surface area contributed by atoms with Crippen molar-refractivity contribution in [1.29, 1.82) is 0 Å². The van der Waals surface area contributed by atoms with Crippen LogP contribution in [-0.2, 0) is 14.4 Å². The molecule has 6 heteroatoms. The predicted octanol–water partition coefficient (Wildman–Crippen LogP) is 2.67. The Morgan fingerprint density at radius 3 is 1.95 bits per heavy atom. The molecule has 4 nitrogen and oxygen atoms in total. The fourth-order valence-corrected chi connectivity index (χ4v) is 6.24. The van der Waals surface area contributed by atoms with Crippen LogP contribution in [0.3, 0.4) is 0 Å². The lowest BCUT2D eigenvalue weighted by Crippen LogP contribution is -2.17. The first kappa shape index (κ1) is 14.8. The monoisotopic (exact) mass is 310 g/mol. The summed E-state index contributed by atoms with van der Waals surface area (Å²) in [7, 11) is -6.94. The van der Waals surface area contributed by atoms with Crippen molar-refractivity contribution in [1.82, 2.24) is 0 Å². The van der Waals surface area contributed by atoms with Crippen LogP contribution in [0.15, 0.2) is 60.7 Å². The van der Waals surface area contributed by atoms with Crippen molar-refractivity contribution in [2.45, 2.75) is 0 Å². The first-order valence-electron chi connectivity index (χ1n) is 5.96. The predicted molar refractivity (Wildman–Crippen MR) is 80.5 cm³/mol. The SMILES string of the molecule is CS(=O)(=O)CP(=O)(Oc1ccccc1)c1ccccc1. The Morgan fingerprint density at radius 1 is 0.950 bits per heavy atom. The molecule has 0 fully saturated rings. The number of hydrogen-bond donors (Lipinski definition) is 0. The van der Waals surface area contributed by atoms with Crippen LogP contribution in [0.1, 0.15) is 0 Å². The van der Waals surface area contributed by atoms with E-state index in [1.165, 1.54) is 0 Å². The van der Waals surface area contributed by atoms with E-state index < -0.39 is 22.7 Å². The van der Waals surface area contributed by atoms with Gasteiger partial charge in [-0.2, -0.15) is 0 Å². The average molecular weight is 310 g/mol. The summed E-state index contributed by atoms with van der Waals surface area (Å²) >= 11 is 0. The minimum Gasteiger partial charge on any atom is -0.439 e. The Kier molecular flexibility index (Phi) is 4.31. The molecule has 0 saturated carbocycles. The molecular formula is C14H15O4PS. The minimum atomic E-state index is -3.50. The highest BCUT2D eigenvalue weighted by molar-refractivity contribution is 7.99. The lowest BCUT2D eigenvalue weighted by molar-refractivity contribution is 0.496. The van der Waals surface area contributed by atoms with Crippen molar-refractivity contribution in [3.8, 4) is 5.75 Å². The van der Waals surface area contributed by atoms with Gasteiger partial charge in [0, 0.05) is 11.6 Å². The Bertz CT molecular complexity index is 711. The van der Waals surface area contributed by atoms with Crippen molar-refractivity contribution in [3.05, 3.63) is 60.7 Å². The van der Waals surface area contributed by atoms with E-state index in [-0.39, 0.29) is 0 Å². The molecule has 0 radical (unpaired) electrons. The van der Waals surface area contributed by atoms with Gasteiger partial charge in [0.05, 0.1) is 0 Å². The van der Waals surface area contributed by atoms with Gasteiger partial charge in [-0.05, 0) is 24.3 Å². The Morgan fingerprint density at radius 2 is 1.45 bits per heavy atom. The van der Waals surface area contributed by atoms with E-state index in [1.807, 2.05) is 0 Å². The number of para-hydroxylation sites is 1. The number of benzene rings is 2. The molecule has 106 valence electrons. The summed E-state index contributed by atoms with van der Waals surface area (Å²) in [6.45, 7) is 0. The van der Waals surface area contributed by atoms with Gasteiger partial charge in [-0.15, -0.1) is 0 Å². The second kappa shape index (κ2) is 5.81. The van der Waals surface area contributed by atoms with Crippen LogP contribution in [0.4, 0.5) is 0 Å². The van der Waals surface area contributed by atoms with Gasteiger partial charge in [-0.1, -0.05) is 36.4 Å². The molecule has 20 heavy (non-hydrogen) atoms. The summed E-state index contributed by atoms with van der Waals surface area (Å²) in [6, 6.07) is 17.0. The molecule has 0 bridgehead atoms. The Hall–Kier alpha value is -1.58. The highest BCUT2D eigenvalue weighted by atomic mass is 32.2. The Labute approximate surface area is 118 Å². The molecule has 2 rings (SSSR count). The van der Waals surface area contributed by atoms with Crippen LogP contribution in [0.2, 0.25) is 0 Å². The third kappa shape index (κ3) is 3.95. The van der Waals surface area contributed by atoms with Crippen LogP contribution in [0.5, 0.6) is 5.75 Å². The highest BCUT2D eigenvalue weighted by Crippen LogP contribution is 2.46. The van der Waals surface area contributed by atoms with Gasteiger partial charge in [0.2, 0.25) is 0 Å². The summed E-state index contributed by atoms with van der Waals surface area (Å²) in [5, 5.41) is 0.397. The zero-order valence-corrected chi connectivity index (χ0v) is 12.7. The van der Waals surface area contributed by atoms with E-state index in [2.05, 4.69) is 0 Å². The summed E-state index contributed by atoms with van der Waals surface area (Å²) in [5.41, 5.74) is -0.515. The standard InChI is InChI=1S/C14H15O4PS/c1-20(16,17)12-19(15,14-10-6-3-7-11-14)18-13-8-4-2-5-9-13/h2-11H,12H2,1H3. The topological polar surface area (TPSA) is 60.4 Å². The second-order valence-electron chi connectivity index (χ2n) is 4.47. The van der Waals surface area contributed by atoms with E-state index in [9.17, 15) is 13.0 Å². The molecule has 0 aromatic heterocycles. The van der Waals surface area contributed by atoms with Crippen molar-refractivity contribution < 1.29 is 17.5 Å². The number of hydrogen-bond acceptors (Lipinski definition) is 4. The molecule has 0 aliphatic heterocycles. The average Bonchev–Trinajstić information content (AvgIpc) is 2.39. The molecule has 0 aliphatic rings. The molecule has 2 aromatic carbocycles. The van der Waals surface area contributed by atoms with Gasteiger partial charge in [-0.25, -0.2) is 8.42 Å². The highest BCUT2D eigenvalue weighted by Gasteiger charge is 2.32. The minimum absolute atomic E-state index is 0.392. The molecular weight excluding hydrogens is 295 g/mol. The molecule has 2 aromatic rings. The van der Waals surface area contributed by atoms with Crippen LogP contribution < -0.4 is 9.83 Å². The molecule has 0 heterocycles. The Balaban J connectivity index is 2.42. The first-order valence-corrected chi connectivity index (χ1v) is 9.83. The van der Waals surface area contributed by atoms with E-state index in [1.54, 1.807) is 60.7 Å². The van der Waals surface area contributed by atoms with Gasteiger partial charge in [0.25, 0.3) is 7.37 Å². The maximum absolute atomic E-state index is 13.0. The third-order valence-electron chi connectivity index (χ3n) is 2.55. The lowest BCUT2D eigenvalue weighted by Gasteiger charge is -2.19. The second-order valence-corrected chi connectivity index (χ2v) is 9.40. The fraction of sp³-hybridized carbons (Fsp3) is 0.143. The quantitative estimate of drug-likeness (QED) is 0.797. The van der Waals surface area contributed by atoms with Crippen LogP contribution >= 0.6 is 7.37 Å². The molecule has 0 spiro atoms. The van der Waals surface area contributed by atoms with Gasteiger partial charge in [-0.3, -0.25) is 4.57 Å². The summed E-state index contributed by atoms with van der Waals surface area (Å²) < 4.78 is 41.7. The van der Waals surface area contributed by atoms with Crippen LogP contribution in [0, 0.1) is 0 Å². The molecule has 0 N–H and O–H groups in total. The zero-order chi connectivity index (χ0) is 14.6. The maximum Gasteiger partial charge on any atom is 0.291 e. The lowest BCUT2D eigenvalue weighted by atomic mass is 10.3. The maximum atomic E-state index is 13.0. The van der Waals surface area contributed by atoms with E-state index in [4.69, 9.17) is 4.52 Å². The normalized spacial score (nSPS) is 14.4.